The second-order valence-electron chi connectivity index (χ2n) is 5.07. The van der Waals surface area contributed by atoms with Crippen LogP contribution in [0.2, 0.25) is 5.02 Å². The first-order valence-corrected chi connectivity index (χ1v) is 7.73. The topological polar surface area (TPSA) is 39.7 Å². The minimum absolute atomic E-state index is 0.422. The Morgan fingerprint density at radius 3 is 2.67 bits per heavy atom. The predicted octanol–water partition coefficient (Wildman–Crippen LogP) is 3.27. The Balaban J connectivity index is 2.38. The van der Waals surface area contributed by atoms with Crippen molar-refractivity contribution in [3.63, 3.8) is 0 Å². The molecule has 5 heteroatoms. The van der Waals surface area contributed by atoms with E-state index in [4.69, 9.17) is 25.8 Å². The van der Waals surface area contributed by atoms with Gasteiger partial charge in [-0.05, 0) is 6.07 Å². The van der Waals surface area contributed by atoms with E-state index < -0.39 is 0 Å². The molecule has 0 aliphatic heterocycles. The molecule has 0 amide bonds. The van der Waals surface area contributed by atoms with Crippen molar-refractivity contribution >= 4 is 11.6 Å². The van der Waals surface area contributed by atoms with Crippen molar-refractivity contribution in [1.29, 1.82) is 0 Å². The van der Waals surface area contributed by atoms with Gasteiger partial charge in [-0.15, -0.1) is 0 Å². The van der Waals surface area contributed by atoms with Gasteiger partial charge in [-0.2, -0.15) is 0 Å². The van der Waals surface area contributed by atoms with Crippen LogP contribution in [-0.2, 0) is 16.0 Å². The third kappa shape index (κ3) is 7.67. The van der Waals surface area contributed by atoms with Crippen molar-refractivity contribution in [2.24, 2.45) is 0 Å². The Bertz CT molecular complexity index is 399. The highest BCUT2D eigenvalue weighted by Gasteiger charge is 2.08. The van der Waals surface area contributed by atoms with Gasteiger partial charge >= 0.3 is 0 Å². The van der Waals surface area contributed by atoms with E-state index in [0.29, 0.717) is 37.5 Å². The first kappa shape index (κ1) is 18.2. The first-order chi connectivity index (χ1) is 10.1. The summed E-state index contributed by atoms with van der Waals surface area (Å²) in [5.74, 6) is 0.768. The Labute approximate surface area is 132 Å². The molecule has 1 N–H and O–H groups in total. The lowest BCUT2D eigenvalue weighted by molar-refractivity contribution is 0.0644. The fourth-order valence-corrected chi connectivity index (χ4v) is 2.00. The van der Waals surface area contributed by atoms with Crippen LogP contribution < -0.4 is 10.1 Å². The number of benzene rings is 1. The van der Waals surface area contributed by atoms with Gasteiger partial charge in [0.15, 0.2) is 0 Å². The molecule has 21 heavy (non-hydrogen) atoms. The molecule has 0 saturated heterocycles. The van der Waals surface area contributed by atoms with Crippen LogP contribution in [0.15, 0.2) is 18.2 Å². The summed E-state index contributed by atoms with van der Waals surface area (Å²) >= 11 is 6.23. The molecule has 0 radical (unpaired) electrons. The monoisotopic (exact) mass is 315 g/mol. The van der Waals surface area contributed by atoms with E-state index in [9.17, 15) is 0 Å². The molecule has 0 unspecified atom stereocenters. The molecule has 0 heterocycles. The quantitative estimate of drug-likeness (QED) is 0.636. The van der Waals surface area contributed by atoms with Crippen molar-refractivity contribution in [2.45, 2.75) is 32.9 Å². The van der Waals surface area contributed by atoms with Gasteiger partial charge in [0.2, 0.25) is 0 Å². The smallest absolute Gasteiger partial charge is 0.142 e. The third-order valence-corrected chi connectivity index (χ3v) is 3.16. The third-order valence-electron chi connectivity index (χ3n) is 2.86. The molecular formula is C16H26ClNO3. The van der Waals surface area contributed by atoms with Crippen molar-refractivity contribution in [3.8, 4) is 5.75 Å². The summed E-state index contributed by atoms with van der Waals surface area (Å²) in [5.41, 5.74) is 1.08. The van der Waals surface area contributed by atoms with Gasteiger partial charge in [-0.25, -0.2) is 0 Å². The van der Waals surface area contributed by atoms with Gasteiger partial charge < -0.3 is 19.5 Å². The van der Waals surface area contributed by atoms with E-state index in [1.54, 1.807) is 7.11 Å². The van der Waals surface area contributed by atoms with Crippen LogP contribution in [0.5, 0.6) is 5.75 Å². The average Bonchev–Trinajstić information content (AvgIpc) is 2.46. The van der Waals surface area contributed by atoms with E-state index in [2.05, 4.69) is 19.2 Å². The van der Waals surface area contributed by atoms with Gasteiger partial charge in [0, 0.05) is 38.3 Å². The minimum Gasteiger partial charge on any atom is -0.492 e. The molecule has 0 aromatic heterocycles. The molecule has 1 rings (SSSR count). The molecule has 0 saturated carbocycles. The Kier molecular flexibility index (Phi) is 9.42. The summed E-state index contributed by atoms with van der Waals surface area (Å²) in [6.45, 7) is 7.46. The minimum atomic E-state index is 0.422. The lowest BCUT2D eigenvalue weighted by atomic mass is 10.2. The summed E-state index contributed by atoms with van der Waals surface area (Å²) in [6.07, 6.45) is 0.825. The lowest BCUT2D eigenvalue weighted by Gasteiger charge is -2.15. The number of rotatable bonds is 11. The van der Waals surface area contributed by atoms with Crippen LogP contribution in [0.25, 0.3) is 0 Å². The normalized spacial score (nSPS) is 11.1. The number of ether oxygens (including phenoxy) is 3. The summed E-state index contributed by atoms with van der Waals surface area (Å²) in [6, 6.07) is 6.25. The van der Waals surface area contributed by atoms with Crippen molar-refractivity contribution in [1.82, 2.24) is 5.32 Å². The zero-order valence-corrected chi connectivity index (χ0v) is 13.9. The molecule has 1 aromatic rings. The maximum Gasteiger partial charge on any atom is 0.142 e. The van der Waals surface area contributed by atoms with E-state index in [0.717, 1.165) is 24.3 Å². The average molecular weight is 316 g/mol. The summed E-state index contributed by atoms with van der Waals surface area (Å²) < 4.78 is 16.1. The van der Waals surface area contributed by atoms with Crippen LogP contribution in [0, 0.1) is 0 Å². The summed E-state index contributed by atoms with van der Waals surface area (Å²) in [7, 11) is 1.66. The lowest BCUT2D eigenvalue weighted by Crippen LogP contribution is -2.22. The van der Waals surface area contributed by atoms with Crippen molar-refractivity contribution < 1.29 is 14.2 Å². The van der Waals surface area contributed by atoms with Gasteiger partial charge in [0.25, 0.3) is 0 Å². The standard InChI is InChI=1S/C16H26ClNO3/c1-13(2)18-12-14-6-4-7-15(17)16(14)21-9-5-8-20-11-10-19-3/h4,6-7,13,18H,5,8-12H2,1-3H3. The molecule has 4 nitrogen and oxygen atoms in total. The maximum absolute atomic E-state index is 6.23. The van der Waals surface area contributed by atoms with Crippen LogP contribution in [0.4, 0.5) is 0 Å². The highest BCUT2D eigenvalue weighted by Crippen LogP contribution is 2.28. The molecular weight excluding hydrogens is 290 g/mol. The van der Waals surface area contributed by atoms with Crippen molar-refractivity contribution in [3.05, 3.63) is 28.8 Å². The number of nitrogens with one attached hydrogen (secondary N) is 1. The predicted molar refractivity (Wildman–Crippen MR) is 86.2 cm³/mol. The van der Waals surface area contributed by atoms with Gasteiger partial charge in [-0.1, -0.05) is 37.6 Å². The van der Waals surface area contributed by atoms with E-state index in [1.807, 2.05) is 18.2 Å². The molecule has 0 spiro atoms. The van der Waals surface area contributed by atoms with E-state index in [1.165, 1.54) is 0 Å². The van der Waals surface area contributed by atoms with Crippen molar-refractivity contribution in [2.75, 3.05) is 33.5 Å². The maximum atomic E-state index is 6.23. The molecule has 0 fully saturated rings. The second-order valence-corrected chi connectivity index (χ2v) is 5.48. The highest BCUT2D eigenvalue weighted by molar-refractivity contribution is 6.32. The number of hydrogen-bond acceptors (Lipinski definition) is 4. The second kappa shape index (κ2) is 10.9. The van der Waals surface area contributed by atoms with Crippen LogP contribution in [0.3, 0.4) is 0 Å². The fourth-order valence-electron chi connectivity index (χ4n) is 1.75. The van der Waals surface area contributed by atoms with E-state index >= 15 is 0 Å². The number of methoxy groups -OCH3 is 1. The Morgan fingerprint density at radius 2 is 1.95 bits per heavy atom. The zero-order chi connectivity index (χ0) is 15.5. The van der Waals surface area contributed by atoms with Crippen LogP contribution >= 0.6 is 11.6 Å². The number of hydrogen-bond donors (Lipinski definition) is 1. The molecule has 0 aliphatic rings. The molecule has 0 aliphatic carbocycles. The molecule has 1 aromatic carbocycles. The molecule has 120 valence electrons. The molecule has 0 atom stereocenters. The number of para-hydroxylation sites is 1. The van der Waals surface area contributed by atoms with Crippen LogP contribution in [-0.4, -0.2) is 39.6 Å². The largest absolute Gasteiger partial charge is 0.492 e. The number of halogens is 1. The zero-order valence-electron chi connectivity index (χ0n) is 13.2. The van der Waals surface area contributed by atoms with E-state index in [-0.39, 0.29) is 0 Å². The van der Waals surface area contributed by atoms with Gasteiger partial charge in [-0.3, -0.25) is 0 Å². The fraction of sp³-hybridized carbons (Fsp3) is 0.625. The first-order valence-electron chi connectivity index (χ1n) is 7.35. The SMILES string of the molecule is COCCOCCCOc1c(Cl)cccc1CNC(C)C. The summed E-state index contributed by atoms with van der Waals surface area (Å²) in [4.78, 5) is 0. The van der Waals surface area contributed by atoms with Gasteiger partial charge in [0.05, 0.1) is 24.8 Å². The molecule has 0 bridgehead atoms. The summed E-state index contributed by atoms with van der Waals surface area (Å²) in [5, 5.41) is 4.03. The Morgan fingerprint density at radius 1 is 1.14 bits per heavy atom. The van der Waals surface area contributed by atoms with Crippen LogP contribution in [0.1, 0.15) is 25.8 Å². The van der Waals surface area contributed by atoms with Gasteiger partial charge in [0.1, 0.15) is 5.75 Å². The highest BCUT2D eigenvalue weighted by atomic mass is 35.5. The Hall–Kier alpha value is -0.810.